The van der Waals surface area contributed by atoms with Gasteiger partial charge in [0.25, 0.3) is 5.91 Å². The molecule has 1 aromatic heterocycles. The summed E-state index contributed by atoms with van der Waals surface area (Å²) in [5.74, 6) is 0.915. The molecule has 1 atom stereocenters. The zero-order chi connectivity index (χ0) is 13.9. The Morgan fingerprint density at radius 3 is 2.50 bits per heavy atom. The van der Waals surface area contributed by atoms with Crippen LogP contribution in [0.25, 0.3) is 0 Å². The molecule has 1 amide bonds. The number of amidine groups is 1. The van der Waals surface area contributed by atoms with Gasteiger partial charge in [0.2, 0.25) is 0 Å². The fraction of sp³-hybridized carbons (Fsp3) is 0.500. The molecule has 0 fully saturated rings. The lowest BCUT2D eigenvalue weighted by molar-refractivity contribution is 0.0937. The molecule has 4 N–H and O–H groups in total. The van der Waals surface area contributed by atoms with Gasteiger partial charge >= 0.3 is 0 Å². The molecular weight excluding hydrogens is 234 g/mol. The molecule has 6 nitrogen and oxygen atoms in total. The van der Waals surface area contributed by atoms with Gasteiger partial charge in [0.15, 0.2) is 5.84 Å². The number of amides is 1. The van der Waals surface area contributed by atoms with Crippen LogP contribution < -0.4 is 11.1 Å². The highest BCUT2D eigenvalue weighted by molar-refractivity contribution is 5.99. The van der Waals surface area contributed by atoms with Crippen molar-refractivity contribution in [1.29, 1.82) is 0 Å². The van der Waals surface area contributed by atoms with E-state index in [0.717, 1.165) is 0 Å². The van der Waals surface area contributed by atoms with Gasteiger partial charge in [-0.15, -0.1) is 0 Å². The lowest BCUT2D eigenvalue weighted by Gasteiger charge is -2.20. The summed E-state index contributed by atoms with van der Waals surface area (Å²) in [5.41, 5.74) is 6.01. The first-order chi connectivity index (χ1) is 8.36. The molecule has 0 aromatic carbocycles. The number of rotatable bonds is 4. The number of hydrogen-bond acceptors (Lipinski definition) is 4. The van der Waals surface area contributed by atoms with Crippen LogP contribution in [0.15, 0.2) is 15.6 Å². The molecule has 0 aliphatic heterocycles. The van der Waals surface area contributed by atoms with Crippen LogP contribution in [0.2, 0.25) is 0 Å². The van der Waals surface area contributed by atoms with E-state index in [9.17, 15) is 4.79 Å². The van der Waals surface area contributed by atoms with Gasteiger partial charge in [-0.25, -0.2) is 0 Å². The van der Waals surface area contributed by atoms with Crippen LogP contribution in [-0.2, 0) is 0 Å². The Labute approximate surface area is 106 Å². The van der Waals surface area contributed by atoms with Crippen molar-refractivity contribution in [2.24, 2.45) is 16.8 Å². The van der Waals surface area contributed by atoms with E-state index in [1.54, 1.807) is 19.9 Å². The quantitative estimate of drug-likeness (QED) is 0.327. The Bertz CT molecular complexity index is 463. The minimum absolute atomic E-state index is 0.0122. The van der Waals surface area contributed by atoms with Gasteiger partial charge in [-0.05, 0) is 25.8 Å². The number of aryl methyl sites for hydroxylation is 2. The highest BCUT2D eigenvalue weighted by atomic mass is 16.4. The molecule has 0 bridgehead atoms. The molecular formula is C12H19N3O3. The van der Waals surface area contributed by atoms with Gasteiger partial charge in [-0.3, -0.25) is 4.79 Å². The monoisotopic (exact) mass is 253 g/mol. The second kappa shape index (κ2) is 5.57. The van der Waals surface area contributed by atoms with Gasteiger partial charge < -0.3 is 20.7 Å². The van der Waals surface area contributed by atoms with Crippen LogP contribution in [-0.4, -0.2) is 23.0 Å². The number of oxime groups is 1. The first-order valence-corrected chi connectivity index (χ1v) is 5.72. The van der Waals surface area contributed by atoms with E-state index in [0.29, 0.717) is 17.1 Å². The number of hydrogen-bond donors (Lipinski definition) is 3. The van der Waals surface area contributed by atoms with Crippen LogP contribution in [0.3, 0.4) is 0 Å². The van der Waals surface area contributed by atoms with Crippen molar-refractivity contribution in [3.63, 3.8) is 0 Å². The largest absolute Gasteiger partial charge is 0.466 e. The summed E-state index contributed by atoms with van der Waals surface area (Å²) in [4.78, 5) is 12.1. The van der Waals surface area contributed by atoms with Gasteiger partial charge in [0.05, 0.1) is 11.6 Å². The van der Waals surface area contributed by atoms with E-state index >= 15 is 0 Å². The van der Waals surface area contributed by atoms with Crippen molar-refractivity contribution < 1.29 is 14.4 Å². The minimum Gasteiger partial charge on any atom is -0.466 e. The molecule has 1 rings (SSSR count). The van der Waals surface area contributed by atoms with Gasteiger partial charge in [0, 0.05) is 0 Å². The van der Waals surface area contributed by atoms with Gasteiger partial charge in [0.1, 0.15) is 11.5 Å². The maximum absolute atomic E-state index is 12.1. The van der Waals surface area contributed by atoms with E-state index in [4.69, 9.17) is 15.4 Å². The average molecular weight is 253 g/mol. The molecule has 0 aliphatic rings. The molecule has 1 heterocycles. The molecule has 0 spiro atoms. The molecule has 0 saturated heterocycles. The van der Waals surface area contributed by atoms with E-state index in [1.165, 1.54) is 0 Å². The smallest absolute Gasteiger partial charge is 0.255 e. The first kappa shape index (κ1) is 14.1. The number of carbonyl (C=O) groups is 1. The van der Waals surface area contributed by atoms with E-state index in [1.807, 2.05) is 13.8 Å². The Balaban J connectivity index is 2.89. The van der Waals surface area contributed by atoms with Crippen molar-refractivity contribution in [2.75, 3.05) is 0 Å². The summed E-state index contributed by atoms with van der Waals surface area (Å²) in [6, 6.07) is 1.14. The summed E-state index contributed by atoms with van der Waals surface area (Å²) >= 11 is 0. The summed E-state index contributed by atoms with van der Waals surface area (Å²) in [6.45, 7) is 7.23. The molecule has 6 heteroatoms. The molecule has 0 aliphatic carbocycles. The number of furan rings is 1. The fourth-order valence-corrected chi connectivity index (χ4v) is 1.72. The third kappa shape index (κ3) is 3.03. The molecule has 100 valence electrons. The predicted molar refractivity (Wildman–Crippen MR) is 67.7 cm³/mol. The maximum atomic E-state index is 12.1. The van der Waals surface area contributed by atoms with Gasteiger partial charge in [-0.2, -0.15) is 0 Å². The Morgan fingerprint density at radius 1 is 1.50 bits per heavy atom. The number of nitrogens with zero attached hydrogens (tertiary/aromatic N) is 1. The number of nitrogens with two attached hydrogens (primary N) is 1. The highest BCUT2D eigenvalue weighted by Gasteiger charge is 2.23. The zero-order valence-electron chi connectivity index (χ0n) is 11.0. The topological polar surface area (TPSA) is 101 Å². The summed E-state index contributed by atoms with van der Waals surface area (Å²) in [6.07, 6.45) is 0. The minimum atomic E-state index is -0.517. The van der Waals surface area contributed by atoms with Crippen LogP contribution in [0.5, 0.6) is 0 Å². The standard InChI is InChI=1S/C12H19N3O3/c1-6(2)10(11(13)15-17)14-12(16)9-5-7(3)18-8(9)4/h5-6,10,17H,1-4H3,(H2,13,15)(H,14,16). The van der Waals surface area contributed by atoms with E-state index in [-0.39, 0.29) is 17.7 Å². The average Bonchev–Trinajstić information content (AvgIpc) is 2.63. The zero-order valence-corrected chi connectivity index (χ0v) is 11.0. The molecule has 18 heavy (non-hydrogen) atoms. The first-order valence-electron chi connectivity index (χ1n) is 5.72. The predicted octanol–water partition coefficient (Wildman–Crippen LogP) is 1.40. The number of nitrogens with one attached hydrogen (secondary N) is 1. The maximum Gasteiger partial charge on any atom is 0.255 e. The third-order valence-electron chi connectivity index (χ3n) is 2.67. The molecule has 0 saturated carbocycles. The van der Waals surface area contributed by atoms with E-state index in [2.05, 4.69) is 10.5 Å². The van der Waals surface area contributed by atoms with Crippen LogP contribution in [0.4, 0.5) is 0 Å². The molecule has 1 aromatic rings. The SMILES string of the molecule is Cc1cc(C(=O)NC(C(N)=NO)C(C)C)c(C)o1. The number of carbonyl (C=O) groups excluding carboxylic acids is 1. The second-order valence-corrected chi connectivity index (χ2v) is 4.55. The van der Waals surface area contributed by atoms with Crippen molar-refractivity contribution in [3.8, 4) is 0 Å². The molecule has 0 radical (unpaired) electrons. The summed E-state index contributed by atoms with van der Waals surface area (Å²) in [7, 11) is 0. The van der Waals surface area contributed by atoms with E-state index < -0.39 is 6.04 Å². The van der Waals surface area contributed by atoms with Crippen molar-refractivity contribution in [2.45, 2.75) is 33.7 Å². The van der Waals surface area contributed by atoms with Crippen LogP contribution in [0, 0.1) is 19.8 Å². The van der Waals surface area contributed by atoms with Crippen LogP contribution in [0.1, 0.15) is 35.7 Å². The highest BCUT2D eigenvalue weighted by Crippen LogP contribution is 2.14. The van der Waals surface area contributed by atoms with Gasteiger partial charge in [-0.1, -0.05) is 19.0 Å². The normalized spacial score (nSPS) is 13.7. The second-order valence-electron chi connectivity index (χ2n) is 4.55. The fourth-order valence-electron chi connectivity index (χ4n) is 1.72. The Kier molecular flexibility index (Phi) is 4.36. The Hall–Kier alpha value is -1.98. The lowest BCUT2D eigenvalue weighted by Crippen LogP contribution is -2.47. The van der Waals surface area contributed by atoms with Crippen molar-refractivity contribution in [1.82, 2.24) is 5.32 Å². The Morgan fingerprint density at radius 2 is 2.11 bits per heavy atom. The third-order valence-corrected chi connectivity index (χ3v) is 2.67. The molecule has 1 unspecified atom stereocenters. The summed E-state index contributed by atoms with van der Waals surface area (Å²) in [5, 5.41) is 14.4. The van der Waals surface area contributed by atoms with Crippen molar-refractivity contribution >= 4 is 11.7 Å². The van der Waals surface area contributed by atoms with Crippen molar-refractivity contribution in [3.05, 3.63) is 23.2 Å². The lowest BCUT2D eigenvalue weighted by atomic mass is 10.0. The summed E-state index contributed by atoms with van der Waals surface area (Å²) < 4.78 is 5.29. The van der Waals surface area contributed by atoms with Crippen LogP contribution >= 0.6 is 0 Å².